The maximum Gasteiger partial charge on any atom is 0.308 e. The highest BCUT2D eigenvalue weighted by molar-refractivity contribution is 5.70. The molecule has 2 unspecified atom stereocenters. The van der Waals surface area contributed by atoms with E-state index in [1.165, 1.54) is 11.1 Å². The Bertz CT molecular complexity index is 815. The van der Waals surface area contributed by atoms with Gasteiger partial charge in [0.2, 0.25) is 12.6 Å². The maximum absolute atomic E-state index is 12.1. The van der Waals surface area contributed by atoms with Crippen LogP contribution in [0, 0.1) is 0 Å². The van der Waals surface area contributed by atoms with Gasteiger partial charge in [-0.25, -0.2) is 0 Å². The van der Waals surface area contributed by atoms with Crippen LogP contribution in [0.15, 0.2) is 48.5 Å². The van der Waals surface area contributed by atoms with E-state index in [9.17, 15) is 9.59 Å². The summed E-state index contributed by atoms with van der Waals surface area (Å²) < 4.78 is 22.0. The fraction of sp³-hybridized carbons (Fsp3) is 0.533. The van der Waals surface area contributed by atoms with Gasteiger partial charge < -0.3 is 18.9 Å². The Kier molecular flexibility index (Phi) is 13.5. The Morgan fingerprint density at radius 1 is 0.611 bits per heavy atom. The Balaban J connectivity index is 1.58. The van der Waals surface area contributed by atoms with Crippen molar-refractivity contribution in [2.75, 3.05) is 0 Å². The number of carbonyl (C=O) groups excluding carboxylic acids is 2. The molecule has 0 saturated heterocycles. The van der Waals surface area contributed by atoms with E-state index in [0.29, 0.717) is 24.3 Å². The number of hydrogen-bond donors (Lipinski definition) is 0. The molecule has 0 saturated carbocycles. The fourth-order valence-corrected chi connectivity index (χ4v) is 3.69. The molecule has 0 bridgehead atoms. The molecule has 0 amide bonds. The highest BCUT2D eigenvalue weighted by Crippen LogP contribution is 2.18. The maximum atomic E-state index is 12.1. The van der Waals surface area contributed by atoms with Crippen molar-refractivity contribution in [1.29, 1.82) is 0 Å². The molecule has 2 aromatic rings. The van der Waals surface area contributed by atoms with Crippen LogP contribution in [-0.4, -0.2) is 24.5 Å². The first-order chi connectivity index (χ1) is 17.4. The molecule has 2 rings (SSSR count). The first kappa shape index (κ1) is 29.2. The third kappa shape index (κ3) is 12.1. The smallest absolute Gasteiger partial charge is 0.308 e. The number of rotatable bonds is 17. The molecule has 0 fully saturated rings. The molecular weight excluding hydrogens is 456 g/mol. The van der Waals surface area contributed by atoms with E-state index in [1.54, 1.807) is 13.8 Å². The molecule has 0 aliphatic heterocycles. The van der Waals surface area contributed by atoms with E-state index in [2.05, 4.69) is 13.8 Å². The molecule has 36 heavy (non-hydrogen) atoms. The second kappa shape index (κ2) is 16.6. The number of ether oxygens (including phenoxy) is 4. The topological polar surface area (TPSA) is 71.1 Å². The molecular formula is C30H42O6. The van der Waals surface area contributed by atoms with E-state index in [1.807, 2.05) is 48.5 Å². The van der Waals surface area contributed by atoms with Gasteiger partial charge in [0, 0.05) is 26.7 Å². The zero-order valence-corrected chi connectivity index (χ0v) is 22.3. The third-order valence-corrected chi connectivity index (χ3v) is 5.70. The van der Waals surface area contributed by atoms with Crippen molar-refractivity contribution >= 4 is 11.9 Å². The molecule has 0 heterocycles. The molecule has 198 valence electrons. The highest BCUT2D eigenvalue weighted by Gasteiger charge is 2.13. The molecule has 0 aliphatic rings. The lowest BCUT2D eigenvalue weighted by Crippen LogP contribution is -2.21. The third-order valence-electron chi connectivity index (χ3n) is 5.70. The van der Waals surface area contributed by atoms with Gasteiger partial charge in [-0.15, -0.1) is 0 Å². The van der Waals surface area contributed by atoms with Crippen molar-refractivity contribution in [1.82, 2.24) is 0 Å². The molecule has 0 radical (unpaired) electrons. The summed E-state index contributed by atoms with van der Waals surface area (Å²) in [6, 6.07) is 15.7. The van der Waals surface area contributed by atoms with Crippen molar-refractivity contribution in [3.8, 4) is 11.5 Å². The van der Waals surface area contributed by atoms with E-state index < -0.39 is 12.6 Å². The molecule has 0 aromatic heterocycles. The first-order valence-corrected chi connectivity index (χ1v) is 13.3. The summed E-state index contributed by atoms with van der Waals surface area (Å²) in [6.45, 7) is 7.73. The van der Waals surface area contributed by atoms with Gasteiger partial charge in [-0.1, -0.05) is 51.0 Å². The van der Waals surface area contributed by atoms with E-state index in [4.69, 9.17) is 18.9 Å². The second-order valence-electron chi connectivity index (χ2n) is 9.05. The van der Waals surface area contributed by atoms with Crippen LogP contribution in [0.25, 0.3) is 0 Å². The molecule has 0 spiro atoms. The molecule has 0 N–H and O–H groups in total. The van der Waals surface area contributed by atoms with Gasteiger partial charge in [-0.3, -0.25) is 9.59 Å². The standard InChI is InChI=1S/C30H42O6/c1-5-7-11-25-15-19-27(20-16-25)33-23(3)35-29(31)13-9-10-14-30(32)36-24(4)34-28-21-17-26(18-22-28)12-8-6-2/h15-24H,5-14H2,1-4H3. The van der Waals surface area contributed by atoms with Crippen molar-refractivity contribution in [2.45, 2.75) is 104 Å². The van der Waals surface area contributed by atoms with Crippen LogP contribution < -0.4 is 9.47 Å². The summed E-state index contributed by atoms with van der Waals surface area (Å²) in [5, 5.41) is 0. The number of hydrogen-bond acceptors (Lipinski definition) is 6. The predicted molar refractivity (Wildman–Crippen MR) is 141 cm³/mol. The number of benzene rings is 2. The predicted octanol–water partition coefficient (Wildman–Crippen LogP) is 7.17. The van der Waals surface area contributed by atoms with Gasteiger partial charge in [0.25, 0.3) is 0 Å². The zero-order chi connectivity index (χ0) is 26.2. The van der Waals surface area contributed by atoms with E-state index in [0.717, 1.165) is 38.5 Å². The Morgan fingerprint density at radius 3 is 1.31 bits per heavy atom. The van der Waals surface area contributed by atoms with Crippen LogP contribution in [0.4, 0.5) is 0 Å². The van der Waals surface area contributed by atoms with Gasteiger partial charge >= 0.3 is 11.9 Å². The van der Waals surface area contributed by atoms with Gasteiger partial charge in [-0.2, -0.15) is 0 Å². The molecule has 6 nitrogen and oxygen atoms in total. The Labute approximate surface area is 216 Å². The Morgan fingerprint density at radius 2 is 0.972 bits per heavy atom. The average Bonchev–Trinajstić information content (AvgIpc) is 2.85. The number of esters is 2. The average molecular weight is 499 g/mol. The number of unbranched alkanes of at least 4 members (excludes halogenated alkanes) is 3. The van der Waals surface area contributed by atoms with Crippen LogP contribution in [0.3, 0.4) is 0 Å². The van der Waals surface area contributed by atoms with E-state index in [-0.39, 0.29) is 24.8 Å². The lowest BCUT2D eigenvalue weighted by atomic mass is 10.1. The van der Waals surface area contributed by atoms with Crippen molar-refractivity contribution < 1.29 is 28.5 Å². The van der Waals surface area contributed by atoms with Crippen LogP contribution in [0.1, 0.15) is 90.2 Å². The van der Waals surface area contributed by atoms with E-state index >= 15 is 0 Å². The van der Waals surface area contributed by atoms with Crippen molar-refractivity contribution in [3.63, 3.8) is 0 Å². The minimum atomic E-state index is -0.678. The number of carbonyl (C=O) groups is 2. The van der Waals surface area contributed by atoms with Gasteiger partial charge in [0.05, 0.1) is 0 Å². The molecule has 6 heteroatoms. The summed E-state index contributed by atoms with van der Waals surface area (Å²) in [6.07, 6.45) is 6.87. The fourth-order valence-electron chi connectivity index (χ4n) is 3.69. The summed E-state index contributed by atoms with van der Waals surface area (Å²) in [4.78, 5) is 24.2. The number of aryl methyl sites for hydroxylation is 2. The second-order valence-corrected chi connectivity index (χ2v) is 9.05. The first-order valence-electron chi connectivity index (χ1n) is 13.3. The highest BCUT2D eigenvalue weighted by atomic mass is 16.7. The van der Waals surface area contributed by atoms with Crippen molar-refractivity contribution in [2.24, 2.45) is 0 Å². The summed E-state index contributed by atoms with van der Waals surface area (Å²) in [5.74, 6) is 0.633. The normalized spacial score (nSPS) is 12.4. The van der Waals surface area contributed by atoms with Crippen molar-refractivity contribution in [3.05, 3.63) is 59.7 Å². The monoisotopic (exact) mass is 498 g/mol. The Hall–Kier alpha value is -3.02. The minimum Gasteiger partial charge on any atom is -0.455 e. The van der Waals surface area contributed by atoms with Gasteiger partial charge in [-0.05, 0) is 73.9 Å². The van der Waals surface area contributed by atoms with Crippen LogP contribution >= 0.6 is 0 Å². The lowest BCUT2D eigenvalue weighted by Gasteiger charge is -2.16. The molecule has 2 atom stereocenters. The largest absolute Gasteiger partial charge is 0.455 e. The molecule has 2 aromatic carbocycles. The van der Waals surface area contributed by atoms with Crippen LogP contribution in [-0.2, 0) is 31.9 Å². The quantitative estimate of drug-likeness (QED) is 0.131. The minimum absolute atomic E-state index is 0.216. The van der Waals surface area contributed by atoms with Gasteiger partial charge in [0.15, 0.2) is 0 Å². The van der Waals surface area contributed by atoms with Crippen LogP contribution in [0.5, 0.6) is 11.5 Å². The lowest BCUT2D eigenvalue weighted by molar-refractivity contribution is -0.163. The SMILES string of the molecule is CCCCc1ccc(OC(C)OC(=O)CCCCC(=O)OC(C)Oc2ccc(CCCC)cc2)cc1. The molecule has 0 aliphatic carbocycles. The summed E-state index contributed by atoms with van der Waals surface area (Å²) in [7, 11) is 0. The van der Waals surface area contributed by atoms with Crippen LogP contribution in [0.2, 0.25) is 0 Å². The zero-order valence-electron chi connectivity index (χ0n) is 22.3. The summed E-state index contributed by atoms with van der Waals surface area (Å²) in [5.41, 5.74) is 2.54. The summed E-state index contributed by atoms with van der Waals surface area (Å²) >= 11 is 0. The van der Waals surface area contributed by atoms with Gasteiger partial charge in [0.1, 0.15) is 11.5 Å².